The van der Waals surface area contributed by atoms with E-state index in [1.54, 1.807) is 21.1 Å². The average Bonchev–Trinajstić information content (AvgIpc) is 3.02. The SMILES string of the molecule is C=CCCCC(OC(=C)[C@@H]1CCCCN1C(=O)C(=O)C1(O)O[C@H](COC)C(OC)C[C@H]1C)C(C)=C[C@@H]1CCC(O)C(OC)C1. The Morgan fingerprint density at radius 3 is 2.50 bits per heavy atom. The van der Waals surface area contributed by atoms with E-state index in [-0.39, 0.29) is 30.8 Å². The number of methoxy groups -OCH3 is 3. The molecular formula is C34H55NO9. The predicted octanol–water partition coefficient (Wildman–Crippen LogP) is 4.09. The number of hydrogen-bond donors (Lipinski definition) is 2. The molecule has 2 heterocycles. The van der Waals surface area contributed by atoms with Crippen molar-refractivity contribution in [3.05, 3.63) is 36.6 Å². The van der Waals surface area contributed by atoms with Gasteiger partial charge in [0, 0.05) is 33.8 Å². The quantitative estimate of drug-likeness (QED) is 0.120. The zero-order valence-corrected chi connectivity index (χ0v) is 27.4. The Balaban J connectivity index is 1.77. The summed E-state index contributed by atoms with van der Waals surface area (Å²) >= 11 is 0. The number of ketones is 1. The molecule has 250 valence electrons. The maximum atomic E-state index is 13.8. The highest BCUT2D eigenvalue weighted by atomic mass is 16.7. The van der Waals surface area contributed by atoms with Crippen molar-refractivity contribution in [2.45, 2.75) is 120 Å². The van der Waals surface area contributed by atoms with E-state index < -0.39 is 41.6 Å². The average molecular weight is 622 g/mol. The summed E-state index contributed by atoms with van der Waals surface area (Å²) in [4.78, 5) is 28.9. The lowest BCUT2D eigenvalue weighted by Gasteiger charge is -2.45. The minimum atomic E-state index is -2.29. The van der Waals surface area contributed by atoms with Crippen LogP contribution >= 0.6 is 0 Å². The second kappa shape index (κ2) is 17.0. The molecule has 10 heteroatoms. The molecule has 0 radical (unpaired) electrons. The van der Waals surface area contributed by atoms with Crippen LogP contribution < -0.4 is 0 Å². The van der Waals surface area contributed by atoms with Crippen LogP contribution in [0.1, 0.15) is 78.1 Å². The Labute approximate surface area is 263 Å². The molecule has 44 heavy (non-hydrogen) atoms. The van der Waals surface area contributed by atoms with Gasteiger partial charge >= 0.3 is 0 Å². The number of likely N-dealkylation sites (tertiary alicyclic amines) is 1. The molecule has 9 atom stereocenters. The number of carbonyl (C=O) groups is 2. The van der Waals surface area contributed by atoms with Gasteiger partial charge in [-0.3, -0.25) is 9.59 Å². The summed E-state index contributed by atoms with van der Waals surface area (Å²) in [6, 6.07) is -0.512. The third-order valence-corrected chi connectivity index (χ3v) is 9.56. The van der Waals surface area contributed by atoms with Crippen LogP contribution in [0, 0.1) is 11.8 Å². The summed E-state index contributed by atoms with van der Waals surface area (Å²) in [6.45, 7) is 12.3. The first-order valence-corrected chi connectivity index (χ1v) is 16.1. The molecule has 0 aromatic heterocycles. The summed E-state index contributed by atoms with van der Waals surface area (Å²) in [5.74, 6) is -4.07. The van der Waals surface area contributed by atoms with Gasteiger partial charge in [0.15, 0.2) is 0 Å². The lowest BCUT2D eigenvalue weighted by atomic mass is 9.83. The van der Waals surface area contributed by atoms with Gasteiger partial charge in [0.05, 0.1) is 31.0 Å². The normalized spacial score (nSPS) is 33.8. The van der Waals surface area contributed by atoms with Crippen molar-refractivity contribution in [2.24, 2.45) is 11.8 Å². The second-order valence-electron chi connectivity index (χ2n) is 12.7. The second-order valence-corrected chi connectivity index (χ2v) is 12.7. The minimum absolute atomic E-state index is 0.111. The van der Waals surface area contributed by atoms with Crippen LogP contribution in [-0.4, -0.2) is 104 Å². The Kier molecular flexibility index (Phi) is 14.1. The van der Waals surface area contributed by atoms with Crippen LogP contribution in [0.5, 0.6) is 0 Å². The number of Topliss-reactive ketones (excluding diaryl/α,β-unsaturated/α-hetero) is 1. The van der Waals surface area contributed by atoms with Crippen LogP contribution in [0.3, 0.4) is 0 Å². The first kappa shape index (κ1) is 36.4. The van der Waals surface area contributed by atoms with Gasteiger partial charge in [0.25, 0.3) is 11.7 Å². The zero-order chi connectivity index (χ0) is 32.4. The molecule has 3 rings (SSSR count). The van der Waals surface area contributed by atoms with Crippen molar-refractivity contribution < 1.29 is 43.5 Å². The van der Waals surface area contributed by atoms with Gasteiger partial charge in [-0.05, 0) is 82.6 Å². The van der Waals surface area contributed by atoms with Gasteiger partial charge in [-0.25, -0.2) is 0 Å². The molecule has 1 aliphatic carbocycles. The number of ether oxygens (including phenoxy) is 5. The number of unbranched alkanes of at least 4 members (excludes halogenated alkanes) is 1. The number of aliphatic hydroxyl groups excluding tert-OH is 1. The maximum absolute atomic E-state index is 13.8. The third-order valence-electron chi connectivity index (χ3n) is 9.56. The molecule has 2 aliphatic heterocycles. The number of amides is 1. The minimum Gasteiger partial charge on any atom is -0.489 e. The number of piperidine rings is 1. The van der Waals surface area contributed by atoms with E-state index in [1.165, 1.54) is 12.0 Å². The third kappa shape index (κ3) is 8.79. The van der Waals surface area contributed by atoms with E-state index in [1.807, 2.05) is 13.0 Å². The fraction of sp³-hybridized carbons (Fsp3) is 0.765. The number of carbonyl (C=O) groups excluding carboxylic acids is 2. The molecule has 0 spiro atoms. The molecule has 5 unspecified atom stereocenters. The van der Waals surface area contributed by atoms with Crippen molar-refractivity contribution in [3.8, 4) is 0 Å². The van der Waals surface area contributed by atoms with Crippen LogP contribution in [-0.2, 0) is 33.3 Å². The van der Waals surface area contributed by atoms with Gasteiger partial charge in [0.1, 0.15) is 18.0 Å². The first-order valence-electron chi connectivity index (χ1n) is 16.1. The highest BCUT2D eigenvalue weighted by molar-refractivity contribution is 6.38. The van der Waals surface area contributed by atoms with E-state index in [0.29, 0.717) is 31.6 Å². The zero-order valence-electron chi connectivity index (χ0n) is 27.4. The topological polar surface area (TPSA) is 124 Å². The van der Waals surface area contributed by atoms with Crippen LogP contribution in [0.25, 0.3) is 0 Å². The van der Waals surface area contributed by atoms with Crippen molar-refractivity contribution in [3.63, 3.8) is 0 Å². The highest BCUT2D eigenvalue weighted by Crippen LogP contribution is 2.36. The first-order chi connectivity index (χ1) is 21.0. The van der Waals surface area contributed by atoms with Crippen molar-refractivity contribution >= 4 is 11.7 Å². The van der Waals surface area contributed by atoms with E-state index >= 15 is 0 Å². The van der Waals surface area contributed by atoms with Crippen LogP contribution in [0.15, 0.2) is 36.6 Å². The number of rotatable bonds is 15. The Bertz CT molecular complexity index is 1010. The molecule has 0 aromatic carbocycles. The molecule has 2 saturated heterocycles. The van der Waals surface area contributed by atoms with Crippen LogP contribution in [0.2, 0.25) is 0 Å². The molecule has 10 nitrogen and oxygen atoms in total. The molecule has 1 saturated carbocycles. The van der Waals surface area contributed by atoms with E-state index in [2.05, 4.69) is 19.2 Å². The maximum Gasteiger partial charge on any atom is 0.296 e. The van der Waals surface area contributed by atoms with Gasteiger partial charge in [0.2, 0.25) is 5.79 Å². The fourth-order valence-corrected chi connectivity index (χ4v) is 6.82. The van der Waals surface area contributed by atoms with Crippen LogP contribution in [0.4, 0.5) is 0 Å². The Hall–Kier alpha value is -2.08. The van der Waals surface area contributed by atoms with E-state index in [9.17, 15) is 19.8 Å². The number of nitrogens with zero attached hydrogens (tertiary/aromatic N) is 1. The molecule has 2 N–H and O–H groups in total. The van der Waals surface area contributed by atoms with Crippen molar-refractivity contribution in [2.75, 3.05) is 34.5 Å². The van der Waals surface area contributed by atoms with Gasteiger partial charge < -0.3 is 38.8 Å². The molecule has 3 aliphatic rings. The molecule has 3 fully saturated rings. The predicted molar refractivity (Wildman–Crippen MR) is 167 cm³/mol. The molecule has 1 amide bonds. The highest BCUT2D eigenvalue weighted by Gasteiger charge is 2.54. The van der Waals surface area contributed by atoms with Gasteiger partial charge in [-0.2, -0.15) is 0 Å². The number of hydrogen-bond acceptors (Lipinski definition) is 9. The summed E-state index contributed by atoms with van der Waals surface area (Å²) in [7, 11) is 4.68. The smallest absolute Gasteiger partial charge is 0.296 e. The fourth-order valence-electron chi connectivity index (χ4n) is 6.82. The molecular weight excluding hydrogens is 566 g/mol. The lowest BCUT2D eigenvalue weighted by Crippen LogP contribution is -2.62. The van der Waals surface area contributed by atoms with Gasteiger partial charge in [-0.15, -0.1) is 6.58 Å². The Morgan fingerprint density at radius 2 is 1.84 bits per heavy atom. The summed E-state index contributed by atoms with van der Waals surface area (Å²) < 4.78 is 28.6. The summed E-state index contributed by atoms with van der Waals surface area (Å²) in [5.41, 5.74) is 1.06. The number of aliphatic hydroxyl groups is 2. The van der Waals surface area contributed by atoms with Gasteiger partial charge in [-0.1, -0.05) is 25.7 Å². The van der Waals surface area contributed by atoms with Crippen molar-refractivity contribution in [1.82, 2.24) is 4.90 Å². The lowest BCUT2D eigenvalue weighted by molar-refractivity contribution is -0.291. The number of allylic oxidation sites excluding steroid dienone is 2. The van der Waals surface area contributed by atoms with Crippen molar-refractivity contribution in [1.29, 1.82) is 0 Å². The molecule has 0 aromatic rings. The largest absolute Gasteiger partial charge is 0.489 e. The van der Waals surface area contributed by atoms with E-state index in [4.69, 9.17) is 23.7 Å². The Morgan fingerprint density at radius 1 is 1.11 bits per heavy atom. The summed E-state index contributed by atoms with van der Waals surface area (Å²) in [6.07, 6.45) is 9.38. The molecule has 0 bridgehead atoms. The summed E-state index contributed by atoms with van der Waals surface area (Å²) in [5, 5.41) is 21.7. The standard InChI is InChI=1S/C34H55NO9/c1-8-9-10-14-28(22(2)18-25-15-16-27(36)29(20-25)41-6)43-24(4)26-13-11-12-17-35(26)33(38)32(37)34(39)23(3)19-30(42-7)31(44-34)21-40-5/h8,18,23,25-31,36,39H,1,4,9-17,19-21H2,2-3,5-7H3/t23-,25+,26+,27?,28?,29?,30?,31-,34?/m1/s1. The monoisotopic (exact) mass is 621 g/mol. The van der Waals surface area contributed by atoms with E-state index in [0.717, 1.165) is 50.5 Å².